The molecule has 0 spiro atoms. The Morgan fingerprint density at radius 1 is 1.18 bits per heavy atom. The molecule has 2 aromatic heterocycles. The molecule has 0 bridgehead atoms. The number of benzene rings is 1. The number of anilines is 1. The number of urea groups is 1. The van der Waals surface area contributed by atoms with E-state index in [1.165, 1.54) is 0 Å². The minimum Gasteiger partial charge on any atom is -0.484 e. The molecule has 0 atom stereocenters. The van der Waals surface area contributed by atoms with E-state index in [1.807, 2.05) is 24.0 Å². The lowest BCUT2D eigenvalue weighted by Crippen LogP contribution is -2.65. The molecular weight excluding hydrogens is 358 g/mol. The Labute approximate surface area is 161 Å². The second-order valence-electron chi connectivity index (χ2n) is 7.31. The molecule has 0 saturated carbocycles. The number of aryl methyl sites for hydroxylation is 1. The van der Waals surface area contributed by atoms with Crippen LogP contribution in [-0.2, 0) is 0 Å². The van der Waals surface area contributed by atoms with Gasteiger partial charge in [0.05, 0.1) is 31.0 Å². The Bertz CT molecular complexity index is 994. The van der Waals surface area contributed by atoms with Gasteiger partial charge in [-0.1, -0.05) is 0 Å². The molecule has 2 saturated heterocycles. The summed E-state index contributed by atoms with van der Waals surface area (Å²) in [5.41, 5.74) is 2.89. The number of nitrogens with one attached hydrogen (secondary N) is 2. The van der Waals surface area contributed by atoms with Gasteiger partial charge in [-0.3, -0.25) is 0 Å². The number of likely N-dealkylation sites (tertiary alicyclic amines) is 1. The minimum atomic E-state index is -0.0485. The summed E-state index contributed by atoms with van der Waals surface area (Å²) in [7, 11) is 0. The number of hydrogen-bond acceptors (Lipinski definition) is 6. The van der Waals surface area contributed by atoms with Crippen LogP contribution in [0.5, 0.6) is 5.75 Å². The number of H-pyrrole nitrogens is 1. The van der Waals surface area contributed by atoms with E-state index in [-0.39, 0.29) is 18.2 Å². The van der Waals surface area contributed by atoms with Crippen molar-refractivity contribution < 1.29 is 9.53 Å². The van der Waals surface area contributed by atoms with E-state index in [9.17, 15) is 4.79 Å². The smallest absolute Gasteiger partial charge is 0.317 e. The molecule has 2 aliphatic rings. The van der Waals surface area contributed by atoms with E-state index in [4.69, 9.17) is 4.74 Å². The van der Waals surface area contributed by atoms with Crippen LogP contribution in [0, 0.1) is 6.92 Å². The molecule has 9 heteroatoms. The first-order valence-electron chi connectivity index (χ1n) is 9.33. The first kappa shape index (κ1) is 16.8. The van der Waals surface area contributed by atoms with E-state index in [1.54, 1.807) is 29.7 Å². The van der Waals surface area contributed by atoms with Crippen molar-refractivity contribution in [2.45, 2.75) is 19.1 Å². The van der Waals surface area contributed by atoms with Crippen LogP contribution < -0.4 is 15.0 Å². The summed E-state index contributed by atoms with van der Waals surface area (Å²) in [6.45, 7) is 4.62. The molecule has 5 rings (SSSR count). The molecule has 0 unspecified atom stereocenters. The van der Waals surface area contributed by atoms with E-state index in [2.05, 4.69) is 25.3 Å². The van der Waals surface area contributed by atoms with Crippen LogP contribution in [0.4, 0.5) is 10.7 Å². The van der Waals surface area contributed by atoms with Crippen molar-refractivity contribution in [1.29, 1.82) is 0 Å². The van der Waals surface area contributed by atoms with Crippen LogP contribution in [0.1, 0.15) is 5.56 Å². The number of rotatable bonds is 4. The molecule has 2 fully saturated rings. The van der Waals surface area contributed by atoms with Crippen molar-refractivity contribution in [2.75, 3.05) is 31.1 Å². The van der Waals surface area contributed by atoms with Gasteiger partial charge in [-0.15, -0.1) is 0 Å². The third-order valence-electron chi connectivity index (χ3n) is 5.11. The standard InChI is InChI=1S/C19H21N7O2/c1-12-5-15-17(23-11-22-15)16(6-12)28-14-9-26(10-14)19(27)24-13-7-25(8-13)18-20-3-2-4-21-18/h2-6,11,13-14H,7-10H2,1H3,(H,22,23)(H,24,27). The molecule has 3 aromatic rings. The number of ether oxygens (including phenoxy) is 1. The van der Waals surface area contributed by atoms with Gasteiger partial charge in [-0.05, 0) is 30.7 Å². The third-order valence-corrected chi connectivity index (χ3v) is 5.11. The number of hydrogen-bond donors (Lipinski definition) is 2. The van der Waals surface area contributed by atoms with E-state index < -0.39 is 0 Å². The first-order valence-corrected chi connectivity index (χ1v) is 9.33. The van der Waals surface area contributed by atoms with Gasteiger partial charge in [0.2, 0.25) is 5.95 Å². The Morgan fingerprint density at radius 2 is 1.96 bits per heavy atom. The maximum absolute atomic E-state index is 12.4. The van der Waals surface area contributed by atoms with Crippen LogP contribution in [-0.4, -0.2) is 69.2 Å². The lowest BCUT2D eigenvalue weighted by molar-refractivity contribution is 0.0439. The number of nitrogens with zero attached hydrogens (tertiary/aromatic N) is 5. The largest absolute Gasteiger partial charge is 0.484 e. The number of carbonyl (C=O) groups excluding carboxylic acids is 1. The van der Waals surface area contributed by atoms with Gasteiger partial charge in [-0.25, -0.2) is 19.7 Å². The van der Waals surface area contributed by atoms with E-state index >= 15 is 0 Å². The number of imidazole rings is 1. The summed E-state index contributed by atoms with van der Waals surface area (Å²) in [6, 6.07) is 5.89. The number of carbonyl (C=O) groups is 1. The molecule has 2 aliphatic heterocycles. The van der Waals surface area contributed by atoms with Gasteiger partial charge in [0.1, 0.15) is 17.4 Å². The summed E-state index contributed by atoms with van der Waals surface area (Å²) in [4.78, 5) is 32.1. The Hall–Kier alpha value is -3.36. The topological polar surface area (TPSA) is 99.3 Å². The lowest BCUT2D eigenvalue weighted by Gasteiger charge is -2.43. The molecule has 2 N–H and O–H groups in total. The number of aromatic nitrogens is 4. The summed E-state index contributed by atoms with van der Waals surface area (Å²) >= 11 is 0. The highest BCUT2D eigenvalue weighted by molar-refractivity contribution is 5.82. The molecule has 9 nitrogen and oxygen atoms in total. The summed E-state index contributed by atoms with van der Waals surface area (Å²) < 4.78 is 6.07. The van der Waals surface area contributed by atoms with Gasteiger partial charge in [0.15, 0.2) is 0 Å². The van der Waals surface area contributed by atoms with Gasteiger partial charge >= 0.3 is 6.03 Å². The maximum Gasteiger partial charge on any atom is 0.317 e. The molecule has 2 amide bonds. The zero-order chi connectivity index (χ0) is 19.1. The van der Waals surface area contributed by atoms with Crippen LogP contribution in [0.15, 0.2) is 36.9 Å². The Kier molecular flexibility index (Phi) is 4.00. The van der Waals surface area contributed by atoms with Crippen LogP contribution in [0.3, 0.4) is 0 Å². The predicted molar refractivity (Wildman–Crippen MR) is 103 cm³/mol. The number of fused-ring (bicyclic) bond motifs is 1. The number of aromatic amines is 1. The first-order chi connectivity index (χ1) is 13.7. The summed E-state index contributed by atoms with van der Waals surface area (Å²) in [5.74, 6) is 1.46. The predicted octanol–water partition coefficient (Wildman–Crippen LogP) is 1.32. The SMILES string of the molecule is Cc1cc(OC2CN(C(=O)NC3CN(c4ncccn4)C3)C2)c2nc[nH]c2c1. The summed E-state index contributed by atoms with van der Waals surface area (Å²) in [5, 5.41) is 3.05. The third kappa shape index (κ3) is 3.08. The van der Waals surface area contributed by atoms with Gasteiger partial charge in [0.25, 0.3) is 0 Å². The summed E-state index contributed by atoms with van der Waals surface area (Å²) in [6.07, 6.45) is 5.10. The highest BCUT2D eigenvalue weighted by Gasteiger charge is 2.36. The highest BCUT2D eigenvalue weighted by atomic mass is 16.5. The Balaban J connectivity index is 1.10. The quantitative estimate of drug-likeness (QED) is 0.709. The van der Waals surface area contributed by atoms with Crippen LogP contribution in [0.25, 0.3) is 11.0 Å². The van der Waals surface area contributed by atoms with Gasteiger partial charge < -0.3 is 24.8 Å². The van der Waals surface area contributed by atoms with E-state index in [0.29, 0.717) is 19.0 Å². The van der Waals surface area contributed by atoms with Crippen molar-refractivity contribution in [3.8, 4) is 5.75 Å². The molecular formula is C19H21N7O2. The zero-order valence-electron chi connectivity index (χ0n) is 15.5. The fourth-order valence-corrected chi connectivity index (χ4v) is 3.56. The van der Waals surface area contributed by atoms with Gasteiger partial charge in [0, 0.05) is 25.5 Å². The molecule has 28 heavy (non-hydrogen) atoms. The maximum atomic E-state index is 12.4. The van der Waals surface area contributed by atoms with Crippen molar-refractivity contribution in [3.63, 3.8) is 0 Å². The van der Waals surface area contributed by atoms with Crippen molar-refractivity contribution in [1.82, 2.24) is 30.2 Å². The normalized spacial score (nSPS) is 17.3. The fraction of sp³-hybridized carbons (Fsp3) is 0.368. The molecule has 0 radical (unpaired) electrons. The lowest BCUT2D eigenvalue weighted by atomic mass is 10.1. The molecule has 4 heterocycles. The molecule has 144 valence electrons. The van der Waals surface area contributed by atoms with E-state index in [0.717, 1.165) is 35.4 Å². The highest BCUT2D eigenvalue weighted by Crippen LogP contribution is 2.27. The van der Waals surface area contributed by atoms with Gasteiger partial charge in [-0.2, -0.15) is 0 Å². The van der Waals surface area contributed by atoms with Crippen molar-refractivity contribution in [2.24, 2.45) is 0 Å². The van der Waals surface area contributed by atoms with Crippen LogP contribution in [0.2, 0.25) is 0 Å². The number of amides is 2. The Morgan fingerprint density at radius 3 is 2.75 bits per heavy atom. The average molecular weight is 379 g/mol. The minimum absolute atomic E-state index is 0.0111. The second kappa shape index (κ2) is 6.66. The van der Waals surface area contributed by atoms with Crippen molar-refractivity contribution >= 4 is 23.0 Å². The monoisotopic (exact) mass is 379 g/mol. The van der Waals surface area contributed by atoms with Crippen LogP contribution >= 0.6 is 0 Å². The molecule has 1 aromatic carbocycles. The second-order valence-corrected chi connectivity index (χ2v) is 7.31. The fourth-order valence-electron chi connectivity index (χ4n) is 3.56. The molecule has 0 aliphatic carbocycles. The average Bonchev–Trinajstić information content (AvgIpc) is 3.09. The zero-order valence-corrected chi connectivity index (χ0v) is 15.5. The van der Waals surface area contributed by atoms with Crippen molar-refractivity contribution in [3.05, 3.63) is 42.5 Å².